The van der Waals surface area contributed by atoms with Crippen LogP contribution in [0.2, 0.25) is 0 Å². The lowest BCUT2D eigenvalue weighted by atomic mass is 9.92. The highest BCUT2D eigenvalue weighted by molar-refractivity contribution is 5.74. The van der Waals surface area contributed by atoms with Crippen LogP contribution in [0, 0.1) is 0 Å². The fourth-order valence-corrected chi connectivity index (χ4v) is 9.98. The van der Waals surface area contributed by atoms with E-state index in [2.05, 4.69) is 16.0 Å². The fourth-order valence-electron chi connectivity index (χ4n) is 9.98. The normalized spacial score (nSPS) is 48.2. The van der Waals surface area contributed by atoms with Crippen LogP contribution in [0.1, 0.15) is 27.7 Å². The van der Waals surface area contributed by atoms with Gasteiger partial charge in [0.05, 0.1) is 51.8 Å². The lowest BCUT2D eigenvalue weighted by Crippen LogP contribution is -2.71. The van der Waals surface area contributed by atoms with Crippen LogP contribution >= 0.6 is 0 Å². The van der Waals surface area contributed by atoms with Crippen molar-refractivity contribution in [3.63, 3.8) is 0 Å². The average molecular weight is 1110 g/mol. The zero-order valence-corrected chi connectivity index (χ0v) is 41.4. The molecule has 19 N–H and O–H groups in total. The third-order valence-corrected chi connectivity index (χ3v) is 13.9. The van der Waals surface area contributed by atoms with Gasteiger partial charge in [0, 0.05) is 20.8 Å². The van der Waals surface area contributed by atoms with E-state index in [1.807, 2.05) is 0 Å². The van der Waals surface area contributed by atoms with Crippen molar-refractivity contribution in [3.05, 3.63) is 0 Å². The van der Waals surface area contributed by atoms with Gasteiger partial charge in [-0.05, 0) is 6.92 Å². The summed E-state index contributed by atoms with van der Waals surface area (Å²) >= 11 is 0. The summed E-state index contributed by atoms with van der Waals surface area (Å²) in [5.41, 5.74) is 0. The van der Waals surface area contributed by atoms with Crippen LogP contribution in [0.4, 0.5) is 0 Å². The summed E-state index contributed by atoms with van der Waals surface area (Å²) in [6.45, 7) is -0.863. The minimum absolute atomic E-state index is 0.553. The number of hydrogen-bond acceptors (Lipinski definition) is 30. The third-order valence-electron chi connectivity index (χ3n) is 13.9. The first-order valence-corrected chi connectivity index (χ1v) is 24.4. The minimum atomic E-state index is -2.21. The van der Waals surface area contributed by atoms with Crippen LogP contribution < -0.4 is 16.0 Å². The lowest BCUT2D eigenvalue weighted by Gasteiger charge is -2.51. The smallest absolute Gasteiger partial charge is 0.217 e. The van der Waals surface area contributed by atoms with Crippen LogP contribution in [0.3, 0.4) is 0 Å². The Morgan fingerprint density at radius 3 is 0.947 bits per heavy atom. The maximum atomic E-state index is 12.7. The van der Waals surface area contributed by atoms with Gasteiger partial charge in [0.25, 0.3) is 0 Å². The monoisotopic (exact) mass is 1110 g/mol. The number of rotatable bonds is 19. The van der Waals surface area contributed by atoms with Crippen molar-refractivity contribution in [1.82, 2.24) is 16.0 Å². The van der Waals surface area contributed by atoms with E-state index < -0.39 is 241 Å². The van der Waals surface area contributed by atoms with Gasteiger partial charge in [-0.2, -0.15) is 0 Å². The predicted molar refractivity (Wildman–Crippen MR) is 237 cm³/mol. The summed E-state index contributed by atoms with van der Waals surface area (Å²) in [4.78, 5) is 37.1. The first-order valence-electron chi connectivity index (χ1n) is 24.4. The van der Waals surface area contributed by atoms with Gasteiger partial charge in [-0.15, -0.1) is 0 Å². The van der Waals surface area contributed by atoms with Crippen LogP contribution in [0.25, 0.3) is 0 Å². The van der Waals surface area contributed by atoms with Gasteiger partial charge >= 0.3 is 0 Å². The number of amides is 3. The minimum Gasteiger partial charge on any atom is -0.394 e. The highest BCUT2D eigenvalue weighted by Gasteiger charge is 2.58. The van der Waals surface area contributed by atoms with Gasteiger partial charge in [0.1, 0.15) is 140 Å². The second-order valence-electron chi connectivity index (χ2n) is 19.3. The third kappa shape index (κ3) is 13.6. The number of carbonyl (C=O) groups excluding carboxylic acids is 3. The molecule has 76 heavy (non-hydrogen) atoms. The number of aliphatic hydroxyl groups excluding tert-OH is 16. The number of nitrogens with one attached hydrogen (secondary N) is 3. The van der Waals surface area contributed by atoms with Crippen LogP contribution in [0.15, 0.2) is 0 Å². The Labute approximate surface area is 432 Å². The predicted octanol–water partition coefficient (Wildman–Crippen LogP) is -12.6. The molecule has 0 aromatic heterocycles. The summed E-state index contributed by atoms with van der Waals surface area (Å²) in [5, 5.41) is 181. The number of hydrogen-bond donors (Lipinski definition) is 19. The quantitative estimate of drug-likeness (QED) is 0.0571. The summed E-state index contributed by atoms with van der Waals surface area (Å²) in [5.74, 6) is -2.22. The highest BCUT2D eigenvalue weighted by atomic mass is 16.8. The number of aliphatic hydroxyl groups is 16. The molecule has 30 atom stereocenters. The maximum absolute atomic E-state index is 12.7. The van der Waals surface area contributed by atoms with Gasteiger partial charge < -0.3 is 150 Å². The SMILES string of the molecule is CC(=O)NC1[C@H](O[C@@H]2C(O)[C@H](O[C@@H]3C(CO)O[C@@H](O[C@@H]4C(O)[C@H](O[C@@H]5C(CO)O[C@@H](C)C(NC(C)=O)[C@H]5O)OC(CO)[C@@H]4O)C(NC(C)=O)[C@H]3O)OC(CO)[C@@H]2O)OC(CO)[C@@H](O[C@@H]2OC(CO)[C@H](O)[C@H](O)C2O)[C@@H]1O. The Hall–Kier alpha value is -2.67. The van der Waals surface area contributed by atoms with Crippen LogP contribution in [0.5, 0.6) is 0 Å². The van der Waals surface area contributed by atoms with Crippen LogP contribution in [-0.2, 0) is 66.5 Å². The molecule has 6 heterocycles. The summed E-state index contributed by atoms with van der Waals surface area (Å²) in [6, 6.07) is -4.60. The molecule has 33 heteroatoms. The highest BCUT2D eigenvalue weighted by Crippen LogP contribution is 2.37. The van der Waals surface area contributed by atoms with E-state index >= 15 is 0 Å². The van der Waals surface area contributed by atoms with Crippen molar-refractivity contribution in [2.45, 2.75) is 212 Å². The molecular formula is C43H73N3O30. The second-order valence-corrected chi connectivity index (χ2v) is 19.3. The van der Waals surface area contributed by atoms with Crippen LogP contribution in [-0.4, -0.2) is 323 Å². The molecule has 0 aromatic carbocycles. The summed E-state index contributed by atoms with van der Waals surface area (Å²) in [7, 11) is 0. The van der Waals surface area contributed by atoms with Crippen molar-refractivity contribution in [1.29, 1.82) is 0 Å². The van der Waals surface area contributed by atoms with Gasteiger partial charge in [0.15, 0.2) is 31.5 Å². The van der Waals surface area contributed by atoms with Crippen molar-refractivity contribution in [2.24, 2.45) is 0 Å². The molecule has 6 saturated heterocycles. The van der Waals surface area contributed by atoms with Gasteiger partial charge in [0.2, 0.25) is 17.7 Å². The Morgan fingerprint density at radius 2 is 0.605 bits per heavy atom. The maximum Gasteiger partial charge on any atom is 0.217 e. The molecule has 6 aliphatic rings. The lowest BCUT2D eigenvalue weighted by molar-refractivity contribution is -0.384. The van der Waals surface area contributed by atoms with E-state index in [1.54, 1.807) is 0 Å². The summed E-state index contributed by atoms with van der Waals surface area (Å²) in [6.07, 6.45) is -48.7. The van der Waals surface area contributed by atoms with Gasteiger partial charge in [-0.25, -0.2) is 0 Å². The standard InChI is InChI=1S/C43H73N3O30/c1-11-21(44-12(2)53)27(59)34(18(8-50)66-11)73-42-32(64)37(25(57)16(6-48)68-42)75-40-23(46-14(4)55)29(61)36(20(10-52)71-40)74-43-33(65)38(26(58)17(7-49)69-43)76-39-22(45-13(3)54)28(60)35(19(9-51)70-39)72-41-31(63)30(62)24(56)15(5-47)67-41/h11,15-43,47-52,56-65H,5-10H2,1-4H3,(H,44,53)(H,45,54)(H,46,55)/t11-,15?,16?,17?,18?,19?,20?,21?,22?,23?,24-,25-,26-,27+,28+,29+,30-,31?,32?,33?,34+,35+,36+,37-,38-,39-,40-,41-,42-,43-/m0/s1. The second kappa shape index (κ2) is 27.2. The van der Waals surface area contributed by atoms with E-state index in [0.29, 0.717) is 0 Å². The Bertz CT molecular complexity index is 1870. The molecule has 6 fully saturated rings. The van der Waals surface area contributed by atoms with Crippen molar-refractivity contribution in [3.8, 4) is 0 Å². The average Bonchev–Trinajstić information content (AvgIpc) is 3.37. The zero-order chi connectivity index (χ0) is 56.2. The zero-order valence-electron chi connectivity index (χ0n) is 41.4. The van der Waals surface area contributed by atoms with E-state index in [1.165, 1.54) is 13.8 Å². The summed E-state index contributed by atoms with van der Waals surface area (Å²) < 4.78 is 63.8. The molecular weight excluding hydrogens is 1040 g/mol. The molecule has 12 unspecified atom stereocenters. The first kappa shape index (κ1) is 62.5. The molecule has 0 aliphatic carbocycles. The molecule has 440 valence electrons. The van der Waals surface area contributed by atoms with E-state index in [4.69, 9.17) is 52.1 Å². The molecule has 0 radical (unpaired) electrons. The Morgan fingerprint density at radius 1 is 0.329 bits per heavy atom. The number of ether oxygens (including phenoxy) is 11. The topological polar surface area (TPSA) is 513 Å². The van der Waals surface area contributed by atoms with E-state index in [0.717, 1.165) is 13.8 Å². The van der Waals surface area contributed by atoms with E-state index in [9.17, 15) is 96.1 Å². The van der Waals surface area contributed by atoms with E-state index in [-0.39, 0.29) is 0 Å². The fraction of sp³-hybridized carbons (Fsp3) is 0.930. The Balaban J connectivity index is 1.21. The molecule has 33 nitrogen and oxygen atoms in total. The molecule has 0 bridgehead atoms. The molecule has 0 saturated carbocycles. The molecule has 0 aromatic rings. The van der Waals surface area contributed by atoms with Crippen molar-refractivity contribution in [2.75, 3.05) is 39.6 Å². The molecule has 6 aliphatic heterocycles. The van der Waals surface area contributed by atoms with Crippen molar-refractivity contribution < 1.29 is 148 Å². The van der Waals surface area contributed by atoms with Gasteiger partial charge in [-0.1, -0.05) is 0 Å². The Kier molecular flexibility index (Phi) is 22.4. The number of carbonyl (C=O) groups is 3. The van der Waals surface area contributed by atoms with Crippen molar-refractivity contribution >= 4 is 17.7 Å². The molecule has 6 rings (SSSR count). The van der Waals surface area contributed by atoms with Gasteiger partial charge in [-0.3, -0.25) is 14.4 Å². The largest absolute Gasteiger partial charge is 0.394 e. The molecule has 0 spiro atoms. The first-order chi connectivity index (χ1) is 35.9. The molecule has 3 amide bonds.